The Labute approximate surface area is 118 Å². The number of rotatable bonds is 5. The molecule has 0 bridgehead atoms. The van der Waals surface area contributed by atoms with Gasteiger partial charge in [0.25, 0.3) is 0 Å². The number of nitrogens with zero attached hydrogens (tertiary/aromatic N) is 3. The lowest BCUT2D eigenvalue weighted by Gasteiger charge is -2.24. The Morgan fingerprint density at radius 3 is 2.85 bits per heavy atom. The third-order valence-corrected chi connectivity index (χ3v) is 3.73. The molecule has 1 aromatic rings. The second-order valence-corrected chi connectivity index (χ2v) is 5.08. The highest BCUT2D eigenvalue weighted by atomic mass is 16.5. The van der Waals surface area contributed by atoms with Crippen LogP contribution in [-0.2, 0) is 11.3 Å². The second kappa shape index (κ2) is 6.81. The summed E-state index contributed by atoms with van der Waals surface area (Å²) >= 11 is 0. The lowest BCUT2D eigenvalue weighted by molar-refractivity contribution is 0.0591. The lowest BCUT2D eigenvalue weighted by atomic mass is 9.93. The van der Waals surface area contributed by atoms with Crippen LogP contribution >= 0.6 is 0 Å². The molecule has 1 atom stereocenters. The van der Waals surface area contributed by atoms with Gasteiger partial charge < -0.3 is 15.2 Å². The van der Waals surface area contributed by atoms with Crippen molar-refractivity contribution in [1.82, 2.24) is 20.3 Å². The van der Waals surface area contributed by atoms with Crippen molar-refractivity contribution in [1.29, 1.82) is 0 Å². The van der Waals surface area contributed by atoms with E-state index in [1.54, 1.807) is 4.68 Å². The maximum absolute atomic E-state index is 11.8. The van der Waals surface area contributed by atoms with Crippen LogP contribution in [0.2, 0.25) is 0 Å². The number of carbonyl (C=O) groups excluding carboxylic acids is 1. The molecule has 0 aromatic carbocycles. The smallest absolute Gasteiger partial charge is 0.360 e. The molecule has 0 amide bonds. The van der Waals surface area contributed by atoms with Gasteiger partial charge in [0, 0.05) is 5.92 Å². The van der Waals surface area contributed by atoms with Gasteiger partial charge in [0.1, 0.15) is 0 Å². The highest BCUT2D eigenvalue weighted by Crippen LogP contribution is 2.27. The van der Waals surface area contributed by atoms with Gasteiger partial charge in [-0.3, -0.25) is 0 Å². The molecule has 2 N–H and O–H groups in total. The van der Waals surface area contributed by atoms with E-state index in [-0.39, 0.29) is 11.6 Å². The molecule has 7 nitrogen and oxygen atoms in total. The number of nitrogens with one attached hydrogen (secondary N) is 1. The summed E-state index contributed by atoms with van der Waals surface area (Å²) in [5.41, 5.74) is 1.08. The van der Waals surface area contributed by atoms with Gasteiger partial charge in [0.2, 0.25) is 0 Å². The first-order valence-electron chi connectivity index (χ1n) is 7.07. The van der Waals surface area contributed by atoms with Crippen LogP contribution in [0.25, 0.3) is 0 Å². The molecule has 1 fully saturated rings. The van der Waals surface area contributed by atoms with Crippen LogP contribution in [0.1, 0.15) is 48.3 Å². The second-order valence-electron chi connectivity index (χ2n) is 5.08. The Balaban J connectivity index is 2.31. The Morgan fingerprint density at radius 1 is 1.55 bits per heavy atom. The van der Waals surface area contributed by atoms with Gasteiger partial charge in [-0.1, -0.05) is 12.1 Å². The number of esters is 1. The molecule has 1 aromatic heterocycles. The van der Waals surface area contributed by atoms with E-state index in [1.807, 2.05) is 6.92 Å². The molecule has 20 heavy (non-hydrogen) atoms. The van der Waals surface area contributed by atoms with Crippen LogP contribution in [0.3, 0.4) is 0 Å². The fourth-order valence-electron chi connectivity index (χ4n) is 2.53. The zero-order valence-electron chi connectivity index (χ0n) is 12.0. The van der Waals surface area contributed by atoms with E-state index < -0.39 is 12.1 Å². The molecule has 2 rings (SSSR count). The minimum atomic E-state index is -0.484. The molecule has 0 spiro atoms. The van der Waals surface area contributed by atoms with E-state index in [9.17, 15) is 9.90 Å². The number of piperidine rings is 1. The summed E-state index contributed by atoms with van der Waals surface area (Å²) in [7, 11) is 1.34. The average molecular weight is 282 g/mol. The van der Waals surface area contributed by atoms with Crippen molar-refractivity contribution in [3.8, 4) is 0 Å². The largest absolute Gasteiger partial charge is 0.464 e. The molecular formula is C13H22N4O3. The molecule has 7 heteroatoms. The van der Waals surface area contributed by atoms with Crippen LogP contribution < -0.4 is 5.32 Å². The molecule has 1 saturated heterocycles. The average Bonchev–Trinajstić information content (AvgIpc) is 2.90. The number of hydrogen-bond donors (Lipinski definition) is 2. The fourth-order valence-corrected chi connectivity index (χ4v) is 2.53. The quantitative estimate of drug-likeness (QED) is 0.755. The van der Waals surface area contributed by atoms with Crippen molar-refractivity contribution in [2.45, 2.75) is 44.8 Å². The number of aliphatic hydroxyl groups is 1. The summed E-state index contributed by atoms with van der Waals surface area (Å²) in [6.45, 7) is 4.09. The predicted octanol–water partition coefficient (Wildman–Crippen LogP) is 0.303. The van der Waals surface area contributed by atoms with E-state index in [1.165, 1.54) is 7.11 Å². The fraction of sp³-hybridized carbons (Fsp3) is 0.769. The standard InChI is InChI=1S/C13H22N4O3/c1-3-10(18)8-17-12(9-4-6-14-7-5-9)11(15-16-17)13(19)20-2/h9-10,14,18H,3-8H2,1-2H3. The number of aromatic nitrogens is 3. The Morgan fingerprint density at radius 2 is 2.25 bits per heavy atom. The summed E-state index contributed by atoms with van der Waals surface area (Å²) in [4.78, 5) is 11.8. The van der Waals surface area contributed by atoms with Crippen molar-refractivity contribution in [3.05, 3.63) is 11.4 Å². The van der Waals surface area contributed by atoms with Gasteiger partial charge >= 0.3 is 5.97 Å². The van der Waals surface area contributed by atoms with E-state index in [0.29, 0.717) is 13.0 Å². The van der Waals surface area contributed by atoms with Crippen LogP contribution in [0.5, 0.6) is 0 Å². The maximum Gasteiger partial charge on any atom is 0.360 e. The summed E-state index contributed by atoms with van der Waals surface area (Å²) in [5, 5.41) is 21.1. The topological polar surface area (TPSA) is 89.3 Å². The van der Waals surface area contributed by atoms with Crippen molar-refractivity contribution >= 4 is 5.97 Å². The third-order valence-electron chi connectivity index (χ3n) is 3.73. The Bertz CT molecular complexity index is 454. The lowest BCUT2D eigenvalue weighted by Crippen LogP contribution is -2.29. The molecule has 0 saturated carbocycles. The summed E-state index contributed by atoms with van der Waals surface area (Å²) in [6.07, 6.45) is 2.01. The molecule has 112 valence electrons. The number of hydrogen-bond acceptors (Lipinski definition) is 6. The Kier molecular flexibility index (Phi) is 5.08. The van der Waals surface area contributed by atoms with Crippen LogP contribution in [0.15, 0.2) is 0 Å². The summed E-state index contributed by atoms with van der Waals surface area (Å²) < 4.78 is 6.44. The first-order valence-corrected chi connectivity index (χ1v) is 7.07. The highest BCUT2D eigenvalue weighted by Gasteiger charge is 2.28. The van der Waals surface area contributed by atoms with E-state index in [2.05, 4.69) is 15.6 Å². The minimum absolute atomic E-state index is 0.226. The number of carbonyl (C=O) groups is 1. The van der Waals surface area contributed by atoms with Crippen LogP contribution in [0.4, 0.5) is 0 Å². The van der Waals surface area contributed by atoms with Crippen molar-refractivity contribution < 1.29 is 14.6 Å². The maximum atomic E-state index is 11.8. The van der Waals surface area contributed by atoms with Crippen LogP contribution in [0, 0.1) is 0 Å². The summed E-state index contributed by atoms with van der Waals surface area (Å²) in [5.74, 6) is -0.236. The van der Waals surface area contributed by atoms with Gasteiger partial charge in [0.05, 0.1) is 25.5 Å². The first-order chi connectivity index (χ1) is 9.67. The zero-order valence-corrected chi connectivity index (χ0v) is 12.0. The Hall–Kier alpha value is -1.47. The van der Waals surface area contributed by atoms with E-state index in [0.717, 1.165) is 31.6 Å². The SMILES string of the molecule is CCC(O)Cn1nnc(C(=O)OC)c1C1CCNCC1. The van der Waals surface area contributed by atoms with Gasteiger partial charge in [-0.05, 0) is 32.4 Å². The third kappa shape index (κ3) is 3.16. The van der Waals surface area contributed by atoms with Crippen molar-refractivity contribution in [3.63, 3.8) is 0 Å². The normalized spacial score (nSPS) is 17.9. The molecule has 0 radical (unpaired) electrons. The molecule has 2 heterocycles. The van der Waals surface area contributed by atoms with Crippen LogP contribution in [-0.4, -0.2) is 52.4 Å². The van der Waals surface area contributed by atoms with Gasteiger partial charge in [-0.15, -0.1) is 5.10 Å². The van der Waals surface area contributed by atoms with Gasteiger partial charge in [-0.25, -0.2) is 9.48 Å². The minimum Gasteiger partial charge on any atom is -0.464 e. The molecule has 1 aliphatic heterocycles. The monoisotopic (exact) mass is 282 g/mol. The molecule has 1 unspecified atom stereocenters. The van der Waals surface area contributed by atoms with E-state index >= 15 is 0 Å². The molecule has 0 aliphatic carbocycles. The first kappa shape index (κ1) is 14.9. The molecular weight excluding hydrogens is 260 g/mol. The molecule has 1 aliphatic rings. The van der Waals surface area contributed by atoms with E-state index in [4.69, 9.17) is 4.74 Å². The highest BCUT2D eigenvalue weighted by molar-refractivity contribution is 5.88. The summed E-state index contributed by atoms with van der Waals surface area (Å²) in [6, 6.07) is 0. The van der Waals surface area contributed by atoms with Crippen molar-refractivity contribution in [2.24, 2.45) is 0 Å². The van der Waals surface area contributed by atoms with Crippen molar-refractivity contribution in [2.75, 3.05) is 20.2 Å². The van der Waals surface area contributed by atoms with Gasteiger partial charge in [-0.2, -0.15) is 0 Å². The number of methoxy groups -OCH3 is 1. The number of aliphatic hydroxyl groups excluding tert-OH is 1. The zero-order chi connectivity index (χ0) is 14.5. The predicted molar refractivity (Wildman–Crippen MR) is 72.5 cm³/mol. The van der Waals surface area contributed by atoms with Gasteiger partial charge in [0.15, 0.2) is 5.69 Å². The number of ether oxygens (including phenoxy) is 1.